The van der Waals surface area contributed by atoms with Gasteiger partial charge in [0.05, 0.1) is 0 Å². The molecule has 1 amide bonds. The maximum Gasteiger partial charge on any atom is 0.413 e. The van der Waals surface area contributed by atoms with Crippen LogP contribution in [0, 0.1) is 5.92 Å². The number of aromatic nitrogens is 1. The number of nitrogens with zero attached hydrogens (tertiary/aromatic N) is 1. The molecule has 0 saturated heterocycles. The van der Waals surface area contributed by atoms with Gasteiger partial charge in [-0.3, -0.25) is 14.9 Å². The van der Waals surface area contributed by atoms with Gasteiger partial charge in [-0.15, -0.1) is 0 Å². The van der Waals surface area contributed by atoms with E-state index in [2.05, 4.69) is 10.3 Å². The van der Waals surface area contributed by atoms with Crippen molar-refractivity contribution in [3.05, 3.63) is 23.9 Å². The molecule has 0 aliphatic rings. The number of carbonyl (C=O) groups excluding carboxylic acids is 1. The second-order valence-corrected chi connectivity index (χ2v) is 5.61. The zero-order valence-corrected chi connectivity index (χ0v) is 12.5. The van der Waals surface area contributed by atoms with Crippen molar-refractivity contribution in [3.8, 4) is 0 Å². The SMILES string of the molecule is CC(C)(C)OC(=O)Nc1cc(CC(C(=O)O)C(=O)O)ccn1. The molecule has 1 rings (SSSR count). The summed E-state index contributed by atoms with van der Waals surface area (Å²) >= 11 is 0. The monoisotopic (exact) mass is 310 g/mol. The summed E-state index contributed by atoms with van der Waals surface area (Å²) in [5.41, 5.74) is -0.241. The molecule has 1 heterocycles. The summed E-state index contributed by atoms with van der Waals surface area (Å²) < 4.78 is 5.06. The molecule has 120 valence electrons. The first-order valence-corrected chi connectivity index (χ1v) is 6.49. The number of nitrogens with one attached hydrogen (secondary N) is 1. The molecule has 0 atom stereocenters. The van der Waals surface area contributed by atoms with Gasteiger partial charge in [0.25, 0.3) is 0 Å². The van der Waals surface area contributed by atoms with E-state index < -0.39 is 29.6 Å². The van der Waals surface area contributed by atoms with E-state index in [-0.39, 0.29) is 12.2 Å². The van der Waals surface area contributed by atoms with Gasteiger partial charge < -0.3 is 14.9 Å². The van der Waals surface area contributed by atoms with Gasteiger partial charge >= 0.3 is 18.0 Å². The van der Waals surface area contributed by atoms with Crippen molar-refractivity contribution in [2.75, 3.05) is 5.32 Å². The first-order valence-electron chi connectivity index (χ1n) is 6.49. The number of carbonyl (C=O) groups is 3. The van der Waals surface area contributed by atoms with Crippen LogP contribution < -0.4 is 5.32 Å². The lowest BCUT2D eigenvalue weighted by Gasteiger charge is -2.19. The van der Waals surface area contributed by atoms with Gasteiger partial charge in [0.1, 0.15) is 11.4 Å². The average Bonchev–Trinajstić information content (AvgIpc) is 2.33. The maximum absolute atomic E-state index is 11.6. The maximum atomic E-state index is 11.6. The van der Waals surface area contributed by atoms with Crippen molar-refractivity contribution >= 4 is 23.8 Å². The molecule has 22 heavy (non-hydrogen) atoms. The molecule has 0 aromatic carbocycles. The minimum Gasteiger partial charge on any atom is -0.481 e. The van der Waals surface area contributed by atoms with Crippen LogP contribution in [-0.2, 0) is 20.7 Å². The fourth-order valence-electron chi connectivity index (χ4n) is 1.59. The van der Waals surface area contributed by atoms with Crippen molar-refractivity contribution in [1.29, 1.82) is 0 Å². The number of carboxylic acids is 2. The number of hydrogen-bond donors (Lipinski definition) is 3. The molecule has 0 spiro atoms. The number of carboxylic acid groups (broad SMARTS) is 2. The van der Waals surface area contributed by atoms with Crippen LogP contribution in [0.5, 0.6) is 0 Å². The zero-order chi connectivity index (χ0) is 16.9. The van der Waals surface area contributed by atoms with E-state index in [9.17, 15) is 14.4 Å². The average molecular weight is 310 g/mol. The van der Waals surface area contributed by atoms with E-state index in [0.717, 1.165) is 0 Å². The second-order valence-electron chi connectivity index (χ2n) is 5.61. The summed E-state index contributed by atoms with van der Waals surface area (Å²) in [6, 6.07) is 2.89. The van der Waals surface area contributed by atoms with Gasteiger partial charge in [0.2, 0.25) is 0 Å². The van der Waals surface area contributed by atoms with Crippen LogP contribution in [0.2, 0.25) is 0 Å². The topological polar surface area (TPSA) is 126 Å². The largest absolute Gasteiger partial charge is 0.481 e. The first kappa shape index (κ1) is 17.4. The Morgan fingerprint density at radius 2 is 1.86 bits per heavy atom. The van der Waals surface area contributed by atoms with E-state index in [0.29, 0.717) is 5.56 Å². The quantitative estimate of drug-likeness (QED) is 0.707. The Bertz CT molecular complexity index is 565. The van der Waals surface area contributed by atoms with Crippen LogP contribution in [-0.4, -0.2) is 38.8 Å². The molecule has 0 aliphatic heterocycles. The van der Waals surface area contributed by atoms with Crippen LogP contribution in [0.15, 0.2) is 18.3 Å². The van der Waals surface area contributed by atoms with Gasteiger partial charge in [0, 0.05) is 6.20 Å². The Morgan fingerprint density at radius 1 is 1.27 bits per heavy atom. The van der Waals surface area contributed by atoms with Gasteiger partial charge in [-0.05, 0) is 44.9 Å². The summed E-state index contributed by atoms with van der Waals surface area (Å²) in [6.45, 7) is 5.13. The predicted octanol–water partition coefficient (Wildman–Crippen LogP) is 1.76. The number of rotatable bonds is 5. The molecule has 0 radical (unpaired) electrons. The second kappa shape index (κ2) is 6.88. The van der Waals surface area contributed by atoms with Crippen LogP contribution in [0.25, 0.3) is 0 Å². The molecule has 1 aromatic rings. The number of pyridine rings is 1. The van der Waals surface area contributed by atoms with Crippen molar-refractivity contribution in [2.45, 2.75) is 32.8 Å². The Hall–Kier alpha value is -2.64. The van der Waals surface area contributed by atoms with Crippen molar-refractivity contribution in [2.24, 2.45) is 5.92 Å². The van der Waals surface area contributed by atoms with Crippen LogP contribution in [0.4, 0.5) is 10.6 Å². The normalized spacial score (nSPS) is 11.1. The highest BCUT2D eigenvalue weighted by molar-refractivity contribution is 5.93. The Kier molecular flexibility index (Phi) is 5.44. The Balaban J connectivity index is 2.80. The lowest BCUT2D eigenvalue weighted by molar-refractivity contribution is -0.154. The molecule has 8 nitrogen and oxygen atoms in total. The van der Waals surface area contributed by atoms with Gasteiger partial charge in [-0.25, -0.2) is 9.78 Å². The minimum absolute atomic E-state index is 0.154. The summed E-state index contributed by atoms with van der Waals surface area (Å²) in [6.07, 6.45) is 0.434. The zero-order valence-electron chi connectivity index (χ0n) is 12.5. The molecular formula is C14H18N2O6. The van der Waals surface area contributed by atoms with E-state index >= 15 is 0 Å². The van der Waals surface area contributed by atoms with Crippen LogP contribution >= 0.6 is 0 Å². The van der Waals surface area contributed by atoms with E-state index in [1.54, 1.807) is 20.8 Å². The van der Waals surface area contributed by atoms with Crippen LogP contribution in [0.1, 0.15) is 26.3 Å². The Morgan fingerprint density at radius 3 is 2.36 bits per heavy atom. The molecule has 0 unspecified atom stereocenters. The van der Waals surface area contributed by atoms with Gasteiger partial charge in [-0.2, -0.15) is 0 Å². The van der Waals surface area contributed by atoms with Crippen molar-refractivity contribution in [3.63, 3.8) is 0 Å². The summed E-state index contributed by atoms with van der Waals surface area (Å²) in [7, 11) is 0. The highest BCUT2D eigenvalue weighted by Gasteiger charge is 2.26. The number of hydrogen-bond acceptors (Lipinski definition) is 5. The molecular weight excluding hydrogens is 292 g/mol. The van der Waals surface area contributed by atoms with E-state index in [1.165, 1.54) is 18.3 Å². The first-order chi connectivity index (χ1) is 10.1. The summed E-state index contributed by atoms with van der Waals surface area (Å²) in [5.74, 6) is -4.25. The molecule has 0 saturated carbocycles. The highest BCUT2D eigenvalue weighted by atomic mass is 16.6. The molecule has 3 N–H and O–H groups in total. The predicted molar refractivity (Wildman–Crippen MR) is 76.6 cm³/mol. The Labute approximate surface area is 127 Å². The third-order valence-electron chi connectivity index (χ3n) is 2.49. The molecule has 0 fully saturated rings. The standard InChI is InChI=1S/C14H18N2O6/c1-14(2,3)22-13(21)16-10-7-8(4-5-15-10)6-9(11(17)18)12(19)20/h4-5,7,9H,6H2,1-3H3,(H,17,18)(H,19,20)(H,15,16,21). The lowest BCUT2D eigenvalue weighted by Crippen LogP contribution is -2.27. The number of anilines is 1. The van der Waals surface area contributed by atoms with Gasteiger partial charge in [-0.1, -0.05) is 0 Å². The van der Waals surface area contributed by atoms with E-state index in [4.69, 9.17) is 14.9 Å². The molecule has 0 aliphatic carbocycles. The molecule has 1 aromatic heterocycles. The van der Waals surface area contributed by atoms with Crippen molar-refractivity contribution in [1.82, 2.24) is 4.98 Å². The fraction of sp³-hybridized carbons (Fsp3) is 0.429. The third kappa shape index (κ3) is 5.78. The minimum atomic E-state index is -1.56. The highest BCUT2D eigenvalue weighted by Crippen LogP contribution is 2.14. The van der Waals surface area contributed by atoms with Crippen molar-refractivity contribution < 1.29 is 29.3 Å². The lowest BCUT2D eigenvalue weighted by atomic mass is 10.0. The smallest absolute Gasteiger partial charge is 0.413 e. The van der Waals surface area contributed by atoms with Gasteiger partial charge in [0.15, 0.2) is 5.92 Å². The number of aliphatic carboxylic acids is 2. The van der Waals surface area contributed by atoms with Crippen LogP contribution in [0.3, 0.4) is 0 Å². The fourth-order valence-corrected chi connectivity index (χ4v) is 1.59. The molecule has 8 heteroatoms. The number of amides is 1. The molecule has 0 bridgehead atoms. The third-order valence-corrected chi connectivity index (χ3v) is 2.49. The van der Waals surface area contributed by atoms with E-state index in [1.807, 2.05) is 0 Å². The summed E-state index contributed by atoms with van der Waals surface area (Å²) in [4.78, 5) is 37.3. The number of ether oxygens (including phenoxy) is 1. The summed E-state index contributed by atoms with van der Waals surface area (Å²) in [5, 5.41) is 20.1.